The third-order valence-corrected chi connectivity index (χ3v) is 3.98. The van der Waals surface area contributed by atoms with Crippen molar-refractivity contribution in [3.05, 3.63) is 59.7 Å². The fraction of sp³-hybridized carbons (Fsp3) is 0.300. The van der Waals surface area contributed by atoms with Crippen LogP contribution in [0, 0.1) is 0 Å². The standard InChI is InChI=1S/C20H22F3N3O2/c1-13(8-9-15-6-4-3-5-7-15)24-19(28)26-18-11-10-16(25-14(2)27)12-17(18)20(21,22)23/h3-7,10-13H,8-9H2,1-2H3,(H,25,27)(H2,24,26,28)/t13-/m1/s1. The lowest BCUT2D eigenvalue weighted by atomic mass is 10.1. The quantitative estimate of drug-likeness (QED) is 0.659. The van der Waals surface area contributed by atoms with E-state index in [-0.39, 0.29) is 17.4 Å². The lowest BCUT2D eigenvalue weighted by molar-refractivity contribution is -0.137. The number of nitrogens with one attached hydrogen (secondary N) is 3. The van der Waals surface area contributed by atoms with E-state index in [1.165, 1.54) is 13.0 Å². The maximum atomic E-state index is 13.3. The van der Waals surface area contributed by atoms with E-state index in [9.17, 15) is 22.8 Å². The maximum absolute atomic E-state index is 13.3. The molecule has 0 spiro atoms. The van der Waals surface area contributed by atoms with E-state index in [0.29, 0.717) is 6.42 Å². The predicted octanol–water partition coefficient (Wildman–Crippen LogP) is 4.81. The molecule has 0 fully saturated rings. The lowest BCUT2D eigenvalue weighted by Gasteiger charge is -2.18. The monoisotopic (exact) mass is 393 g/mol. The van der Waals surface area contributed by atoms with Gasteiger partial charge in [-0.1, -0.05) is 30.3 Å². The summed E-state index contributed by atoms with van der Waals surface area (Å²) in [6, 6.07) is 11.9. The zero-order chi connectivity index (χ0) is 20.7. The van der Waals surface area contributed by atoms with E-state index >= 15 is 0 Å². The molecular weight excluding hydrogens is 371 g/mol. The minimum atomic E-state index is -4.68. The highest BCUT2D eigenvalue weighted by Gasteiger charge is 2.34. The summed E-state index contributed by atoms with van der Waals surface area (Å²) in [6.45, 7) is 2.98. The van der Waals surface area contributed by atoms with Gasteiger partial charge in [-0.15, -0.1) is 0 Å². The zero-order valence-corrected chi connectivity index (χ0v) is 15.6. The summed E-state index contributed by atoms with van der Waals surface area (Å²) in [5.41, 5.74) is -0.299. The van der Waals surface area contributed by atoms with Gasteiger partial charge in [0.15, 0.2) is 0 Å². The largest absolute Gasteiger partial charge is 0.418 e. The molecule has 2 rings (SSSR count). The van der Waals surface area contributed by atoms with E-state index in [1.807, 2.05) is 30.3 Å². The summed E-state index contributed by atoms with van der Waals surface area (Å²) in [4.78, 5) is 23.2. The molecule has 0 unspecified atom stereocenters. The van der Waals surface area contributed by atoms with Crippen molar-refractivity contribution < 1.29 is 22.8 Å². The Morgan fingerprint density at radius 3 is 2.32 bits per heavy atom. The molecule has 2 aromatic carbocycles. The van der Waals surface area contributed by atoms with Crippen LogP contribution in [-0.4, -0.2) is 18.0 Å². The molecule has 0 heterocycles. The van der Waals surface area contributed by atoms with Crippen LogP contribution in [0.15, 0.2) is 48.5 Å². The zero-order valence-electron chi connectivity index (χ0n) is 15.6. The van der Waals surface area contributed by atoms with Gasteiger partial charge in [0.1, 0.15) is 0 Å². The normalized spacial score (nSPS) is 12.2. The minimum absolute atomic E-state index is 0.00186. The number of carbonyl (C=O) groups excluding carboxylic acids is 2. The highest BCUT2D eigenvalue weighted by atomic mass is 19.4. The molecule has 0 aromatic heterocycles. The van der Waals surface area contributed by atoms with Gasteiger partial charge in [-0.05, 0) is 43.5 Å². The van der Waals surface area contributed by atoms with Crippen LogP contribution in [0.25, 0.3) is 0 Å². The molecule has 28 heavy (non-hydrogen) atoms. The summed E-state index contributed by atoms with van der Waals surface area (Å²) >= 11 is 0. The fourth-order valence-electron chi connectivity index (χ4n) is 2.65. The van der Waals surface area contributed by atoms with Crippen LogP contribution in [0.5, 0.6) is 0 Å². The summed E-state index contributed by atoms with van der Waals surface area (Å²) in [7, 11) is 0. The molecule has 3 N–H and O–H groups in total. The summed E-state index contributed by atoms with van der Waals surface area (Å²) in [6.07, 6.45) is -3.30. The summed E-state index contributed by atoms with van der Waals surface area (Å²) < 4.78 is 39.9. The van der Waals surface area contributed by atoms with Gasteiger partial charge in [-0.25, -0.2) is 4.79 Å². The van der Waals surface area contributed by atoms with Crippen LogP contribution < -0.4 is 16.0 Å². The van der Waals surface area contributed by atoms with Crippen LogP contribution in [0.1, 0.15) is 31.4 Å². The molecule has 0 bridgehead atoms. The van der Waals surface area contributed by atoms with Crippen LogP contribution in [-0.2, 0) is 17.4 Å². The molecular formula is C20H22F3N3O2. The van der Waals surface area contributed by atoms with Gasteiger partial charge < -0.3 is 16.0 Å². The fourth-order valence-corrected chi connectivity index (χ4v) is 2.65. The lowest BCUT2D eigenvalue weighted by Crippen LogP contribution is -2.36. The first kappa shape index (κ1) is 21.3. The second-order valence-electron chi connectivity index (χ2n) is 6.46. The summed E-state index contributed by atoms with van der Waals surface area (Å²) in [5.74, 6) is -0.487. The molecule has 0 radical (unpaired) electrons. The third-order valence-electron chi connectivity index (χ3n) is 3.98. The smallest absolute Gasteiger partial charge is 0.335 e. The van der Waals surface area contributed by atoms with E-state index < -0.39 is 23.7 Å². The average Bonchev–Trinajstić information content (AvgIpc) is 2.60. The van der Waals surface area contributed by atoms with E-state index in [0.717, 1.165) is 24.1 Å². The van der Waals surface area contributed by atoms with Crippen molar-refractivity contribution in [1.29, 1.82) is 0 Å². The number of aryl methyl sites for hydroxylation is 1. The molecule has 0 aliphatic rings. The van der Waals surface area contributed by atoms with Gasteiger partial charge in [0.25, 0.3) is 0 Å². The average molecular weight is 393 g/mol. The molecule has 8 heteroatoms. The predicted molar refractivity (Wildman–Crippen MR) is 102 cm³/mol. The number of hydrogen-bond acceptors (Lipinski definition) is 2. The van der Waals surface area contributed by atoms with Crippen molar-refractivity contribution in [3.63, 3.8) is 0 Å². The highest BCUT2D eigenvalue weighted by molar-refractivity contribution is 5.92. The topological polar surface area (TPSA) is 70.2 Å². The number of alkyl halides is 3. The second kappa shape index (κ2) is 9.25. The van der Waals surface area contributed by atoms with Crippen LogP contribution >= 0.6 is 0 Å². The van der Waals surface area contributed by atoms with Crippen molar-refractivity contribution in [2.75, 3.05) is 10.6 Å². The molecule has 150 valence electrons. The molecule has 0 aliphatic heterocycles. The number of urea groups is 1. The summed E-state index contributed by atoms with van der Waals surface area (Å²) in [5, 5.41) is 7.18. The number of anilines is 2. The highest BCUT2D eigenvalue weighted by Crippen LogP contribution is 2.36. The molecule has 1 atom stereocenters. The van der Waals surface area contributed by atoms with E-state index in [4.69, 9.17) is 0 Å². The molecule has 0 aliphatic carbocycles. The molecule has 3 amide bonds. The molecule has 0 saturated carbocycles. The van der Waals surface area contributed by atoms with Crippen LogP contribution in [0.3, 0.4) is 0 Å². The Hall–Kier alpha value is -3.03. The maximum Gasteiger partial charge on any atom is 0.418 e. The Kier molecular flexibility index (Phi) is 7.03. The number of carbonyl (C=O) groups is 2. The van der Waals surface area contributed by atoms with Gasteiger partial charge in [-0.3, -0.25) is 4.79 Å². The van der Waals surface area contributed by atoms with Gasteiger partial charge in [0.05, 0.1) is 11.3 Å². The number of amides is 3. The Morgan fingerprint density at radius 2 is 1.71 bits per heavy atom. The van der Waals surface area contributed by atoms with Crippen molar-refractivity contribution in [3.8, 4) is 0 Å². The SMILES string of the molecule is CC(=O)Nc1ccc(NC(=O)N[C@H](C)CCc2ccccc2)c(C(F)(F)F)c1. The van der Waals surface area contributed by atoms with Crippen LogP contribution in [0.2, 0.25) is 0 Å². The van der Waals surface area contributed by atoms with Crippen LogP contribution in [0.4, 0.5) is 29.3 Å². The Balaban J connectivity index is 2.00. The number of rotatable bonds is 6. The first-order valence-corrected chi connectivity index (χ1v) is 8.75. The second-order valence-corrected chi connectivity index (χ2v) is 6.46. The van der Waals surface area contributed by atoms with Gasteiger partial charge >= 0.3 is 12.2 Å². The van der Waals surface area contributed by atoms with Gasteiger partial charge in [0, 0.05) is 18.7 Å². The molecule has 2 aromatic rings. The Bertz CT molecular complexity index is 823. The van der Waals surface area contributed by atoms with E-state index in [2.05, 4.69) is 16.0 Å². The van der Waals surface area contributed by atoms with Crippen molar-refractivity contribution >= 4 is 23.3 Å². The van der Waals surface area contributed by atoms with E-state index in [1.54, 1.807) is 6.92 Å². The first-order valence-electron chi connectivity index (χ1n) is 8.75. The minimum Gasteiger partial charge on any atom is -0.335 e. The third kappa shape index (κ3) is 6.61. The van der Waals surface area contributed by atoms with Crippen molar-refractivity contribution in [1.82, 2.24) is 5.32 Å². The molecule has 0 saturated heterocycles. The number of benzene rings is 2. The van der Waals surface area contributed by atoms with Gasteiger partial charge in [-0.2, -0.15) is 13.2 Å². The first-order chi connectivity index (χ1) is 13.1. The Morgan fingerprint density at radius 1 is 1.04 bits per heavy atom. The molecule has 5 nitrogen and oxygen atoms in total. The Labute approximate surface area is 161 Å². The van der Waals surface area contributed by atoms with Crippen molar-refractivity contribution in [2.24, 2.45) is 0 Å². The number of hydrogen-bond donors (Lipinski definition) is 3. The van der Waals surface area contributed by atoms with Gasteiger partial charge in [0.2, 0.25) is 5.91 Å². The number of halogens is 3. The van der Waals surface area contributed by atoms with Crippen molar-refractivity contribution in [2.45, 2.75) is 38.9 Å².